The number of nitrogens with one attached hydrogen (secondary N) is 1. The maximum absolute atomic E-state index is 12.0. The van der Waals surface area contributed by atoms with Gasteiger partial charge in [-0.05, 0) is 42.8 Å². The minimum Gasteiger partial charge on any atom is -0.345 e. The Labute approximate surface area is 116 Å². The lowest BCUT2D eigenvalue weighted by atomic mass is 10.1. The van der Waals surface area contributed by atoms with Gasteiger partial charge >= 0.3 is 0 Å². The van der Waals surface area contributed by atoms with Gasteiger partial charge in [0.2, 0.25) is 0 Å². The van der Waals surface area contributed by atoms with Crippen molar-refractivity contribution < 1.29 is 4.79 Å². The number of halogens is 2. The van der Waals surface area contributed by atoms with Crippen molar-refractivity contribution in [3.05, 3.63) is 22.4 Å². The van der Waals surface area contributed by atoms with Crippen LogP contribution in [-0.4, -0.2) is 22.6 Å². The van der Waals surface area contributed by atoms with Gasteiger partial charge in [0.05, 0.1) is 0 Å². The fourth-order valence-electron chi connectivity index (χ4n) is 1.35. The fraction of sp³-hybridized carbons (Fsp3) is 0.545. The summed E-state index contributed by atoms with van der Waals surface area (Å²) in [5.74, 6) is -0.0944. The molecule has 1 rings (SSSR count). The average Bonchev–Trinajstić information content (AvgIpc) is 2.59. The second kappa shape index (κ2) is 6.42. The van der Waals surface area contributed by atoms with E-state index in [0.29, 0.717) is 12.2 Å². The van der Waals surface area contributed by atoms with Crippen LogP contribution in [0.3, 0.4) is 0 Å². The summed E-state index contributed by atoms with van der Waals surface area (Å²) >= 11 is 3.36. The Bertz CT molecular complexity index is 390. The van der Waals surface area contributed by atoms with E-state index in [1.807, 2.05) is 37.6 Å². The third kappa shape index (κ3) is 4.33. The zero-order valence-electron chi connectivity index (χ0n) is 10.3. The predicted octanol–water partition coefficient (Wildman–Crippen LogP) is 2.16. The summed E-state index contributed by atoms with van der Waals surface area (Å²) in [7, 11) is 0. The number of carbonyl (C=O) groups excluding carboxylic acids is 1. The first-order valence-corrected chi connectivity index (χ1v) is 6.07. The van der Waals surface area contributed by atoms with E-state index in [-0.39, 0.29) is 23.9 Å². The number of nitrogens with two attached hydrogens (primary N) is 1. The van der Waals surface area contributed by atoms with E-state index in [1.54, 1.807) is 0 Å². The molecule has 6 heteroatoms. The Morgan fingerprint density at radius 1 is 1.59 bits per heavy atom. The van der Waals surface area contributed by atoms with Crippen molar-refractivity contribution in [2.75, 3.05) is 6.54 Å². The monoisotopic (exact) mass is 323 g/mol. The van der Waals surface area contributed by atoms with Gasteiger partial charge in [-0.1, -0.05) is 0 Å². The molecule has 98 valence electrons. The van der Waals surface area contributed by atoms with Gasteiger partial charge < -0.3 is 15.6 Å². The molecule has 0 unspecified atom stereocenters. The lowest BCUT2D eigenvalue weighted by molar-refractivity contribution is 0.0906. The summed E-state index contributed by atoms with van der Waals surface area (Å²) in [6.07, 6.45) is 1.89. The molecule has 1 heterocycles. The fourth-order valence-corrected chi connectivity index (χ4v) is 1.81. The maximum atomic E-state index is 12.0. The first kappa shape index (κ1) is 16.5. The van der Waals surface area contributed by atoms with Crippen molar-refractivity contribution in [3.8, 4) is 0 Å². The summed E-state index contributed by atoms with van der Waals surface area (Å²) < 4.78 is 2.80. The molecular weight excluding hydrogens is 305 g/mol. The quantitative estimate of drug-likeness (QED) is 0.891. The SMILES string of the molecule is CCn1cc(Br)cc1C(=O)NC(C)(C)CN.Cl. The second-order valence-electron chi connectivity index (χ2n) is 4.37. The smallest absolute Gasteiger partial charge is 0.268 e. The Morgan fingerprint density at radius 2 is 2.18 bits per heavy atom. The number of aryl methyl sites for hydroxylation is 1. The lowest BCUT2D eigenvalue weighted by Crippen LogP contribution is -2.49. The van der Waals surface area contributed by atoms with Crippen LogP contribution in [0.4, 0.5) is 0 Å². The van der Waals surface area contributed by atoms with Gasteiger partial charge in [-0.25, -0.2) is 0 Å². The van der Waals surface area contributed by atoms with E-state index in [9.17, 15) is 4.79 Å². The molecule has 17 heavy (non-hydrogen) atoms. The van der Waals surface area contributed by atoms with E-state index in [4.69, 9.17) is 5.73 Å². The predicted molar refractivity (Wildman–Crippen MR) is 75.7 cm³/mol. The number of carbonyl (C=O) groups is 1. The Kier molecular flexibility index (Phi) is 6.23. The van der Waals surface area contributed by atoms with Gasteiger partial charge in [0.25, 0.3) is 5.91 Å². The van der Waals surface area contributed by atoms with Crippen molar-refractivity contribution in [2.45, 2.75) is 32.9 Å². The van der Waals surface area contributed by atoms with Gasteiger partial charge in [-0.3, -0.25) is 4.79 Å². The van der Waals surface area contributed by atoms with Crippen LogP contribution in [0.2, 0.25) is 0 Å². The van der Waals surface area contributed by atoms with E-state index in [0.717, 1.165) is 11.0 Å². The number of nitrogens with zero attached hydrogens (tertiary/aromatic N) is 1. The first-order valence-electron chi connectivity index (χ1n) is 5.28. The summed E-state index contributed by atoms with van der Waals surface area (Å²) in [5, 5.41) is 2.90. The Hall–Kier alpha value is -0.520. The van der Waals surface area contributed by atoms with Crippen LogP contribution in [0.1, 0.15) is 31.3 Å². The first-order chi connectivity index (χ1) is 7.39. The van der Waals surface area contributed by atoms with E-state index in [2.05, 4.69) is 21.2 Å². The van der Waals surface area contributed by atoms with Crippen LogP contribution in [0.5, 0.6) is 0 Å². The molecule has 0 aliphatic carbocycles. The van der Waals surface area contributed by atoms with Gasteiger partial charge in [0.1, 0.15) is 5.69 Å². The molecule has 1 aromatic heterocycles. The summed E-state index contributed by atoms with van der Waals surface area (Å²) in [6, 6.07) is 1.81. The zero-order chi connectivity index (χ0) is 12.3. The van der Waals surface area contributed by atoms with Crippen LogP contribution in [0.15, 0.2) is 16.7 Å². The summed E-state index contributed by atoms with van der Waals surface area (Å²) in [6.45, 7) is 6.97. The largest absolute Gasteiger partial charge is 0.345 e. The standard InChI is InChI=1S/C11H18BrN3O.ClH/c1-4-15-6-8(12)5-9(15)10(16)14-11(2,3)7-13;/h5-6H,4,7,13H2,1-3H3,(H,14,16);1H. The minimum atomic E-state index is -0.383. The highest BCUT2D eigenvalue weighted by Crippen LogP contribution is 2.15. The van der Waals surface area contributed by atoms with Crippen LogP contribution >= 0.6 is 28.3 Å². The van der Waals surface area contributed by atoms with Crippen molar-refractivity contribution in [2.24, 2.45) is 5.73 Å². The molecule has 1 amide bonds. The van der Waals surface area contributed by atoms with Crippen LogP contribution in [0, 0.1) is 0 Å². The third-order valence-corrected chi connectivity index (χ3v) is 2.83. The third-order valence-electron chi connectivity index (χ3n) is 2.40. The normalized spacial score (nSPS) is 10.9. The number of amides is 1. The van der Waals surface area contributed by atoms with Crippen molar-refractivity contribution in [3.63, 3.8) is 0 Å². The molecule has 0 aliphatic heterocycles. The molecule has 0 radical (unpaired) electrons. The molecule has 0 saturated carbocycles. The summed E-state index contributed by atoms with van der Waals surface area (Å²) in [5.41, 5.74) is 5.84. The molecule has 1 aromatic rings. The van der Waals surface area contributed by atoms with E-state index >= 15 is 0 Å². The van der Waals surface area contributed by atoms with E-state index < -0.39 is 0 Å². The molecule has 0 aromatic carbocycles. The van der Waals surface area contributed by atoms with Gasteiger partial charge in [0.15, 0.2) is 0 Å². The van der Waals surface area contributed by atoms with Gasteiger partial charge in [-0.15, -0.1) is 12.4 Å². The molecule has 0 spiro atoms. The average molecular weight is 325 g/mol. The van der Waals surface area contributed by atoms with Crippen molar-refractivity contribution in [1.29, 1.82) is 0 Å². The van der Waals surface area contributed by atoms with Crippen LogP contribution in [-0.2, 0) is 6.54 Å². The second-order valence-corrected chi connectivity index (χ2v) is 5.29. The molecule has 0 bridgehead atoms. The molecule has 0 fully saturated rings. The maximum Gasteiger partial charge on any atom is 0.268 e. The van der Waals surface area contributed by atoms with E-state index in [1.165, 1.54) is 0 Å². The van der Waals surface area contributed by atoms with Gasteiger partial charge in [0, 0.05) is 29.3 Å². The van der Waals surface area contributed by atoms with Crippen LogP contribution in [0.25, 0.3) is 0 Å². The molecule has 3 N–H and O–H groups in total. The molecular formula is C11H19BrClN3O. The lowest BCUT2D eigenvalue weighted by Gasteiger charge is -2.24. The molecule has 0 saturated heterocycles. The van der Waals surface area contributed by atoms with Gasteiger partial charge in [-0.2, -0.15) is 0 Å². The highest BCUT2D eigenvalue weighted by Gasteiger charge is 2.21. The van der Waals surface area contributed by atoms with Crippen molar-refractivity contribution >= 4 is 34.2 Å². The van der Waals surface area contributed by atoms with Crippen LogP contribution < -0.4 is 11.1 Å². The molecule has 0 aliphatic rings. The number of rotatable bonds is 4. The number of hydrogen-bond donors (Lipinski definition) is 2. The summed E-state index contributed by atoms with van der Waals surface area (Å²) in [4.78, 5) is 12.0. The van der Waals surface area contributed by atoms with Crippen molar-refractivity contribution in [1.82, 2.24) is 9.88 Å². The molecule has 4 nitrogen and oxygen atoms in total. The topological polar surface area (TPSA) is 60.0 Å². The Balaban J connectivity index is 0.00000256. The highest BCUT2D eigenvalue weighted by atomic mass is 79.9. The zero-order valence-corrected chi connectivity index (χ0v) is 12.7. The molecule has 0 atom stereocenters. The Morgan fingerprint density at radius 3 is 2.65 bits per heavy atom. The highest BCUT2D eigenvalue weighted by molar-refractivity contribution is 9.10. The number of hydrogen-bond acceptors (Lipinski definition) is 2. The minimum absolute atomic E-state index is 0. The number of aromatic nitrogens is 1.